The molecule has 8 heteroatoms. The van der Waals surface area contributed by atoms with E-state index in [0.717, 1.165) is 21.7 Å². The zero-order valence-corrected chi connectivity index (χ0v) is 17.1. The number of carbonyl (C=O) groups is 1. The normalized spacial score (nSPS) is 11.0. The largest absolute Gasteiger partial charge is 0.494 e. The zero-order valence-electron chi connectivity index (χ0n) is 16.3. The van der Waals surface area contributed by atoms with Gasteiger partial charge in [-0.3, -0.25) is 9.10 Å². The maximum Gasteiger partial charge on any atom is 0.278 e. The molecule has 29 heavy (non-hydrogen) atoms. The van der Waals surface area contributed by atoms with Crippen LogP contribution < -0.4 is 14.4 Å². The molecule has 0 radical (unpaired) electrons. The van der Waals surface area contributed by atoms with E-state index in [4.69, 9.17) is 4.74 Å². The van der Waals surface area contributed by atoms with Crippen LogP contribution in [0.2, 0.25) is 0 Å². The molecule has 1 N–H and O–H groups in total. The Kier molecular flexibility index (Phi) is 5.84. The van der Waals surface area contributed by atoms with Crippen LogP contribution in [0.5, 0.6) is 5.75 Å². The Morgan fingerprint density at radius 3 is 2.41 bits per heavy atom. The van der Waals surface area contributed by atoms with Gasteiger partial charge < -0.3 is 10.1 Å². The molecule has 0 aliphatic heterocycles. The summed E-state index contributed by atoms with van der Waals surface area (Å²) in [5.41, 5.74) is 2.56. The molecule has 1 aromatic heterocycles. The van der Waals surface area contributed by atoms with Crippen LogP contribution in [0.3, 0.4) is 0 Å². The Morgan fingerprint density at radius 1 is 1.03 bits per heavy atom. The Bertz CT molecular complexity index is 1130. The first-order chi connectivity index (χ1) is 13.8. The lowest BCUT2D eigenvalue weighted by Gasteiger charge is -2.21. The summed E-state index contributed by atoms with van der Waals surface area (Å²) in [5.74, 6) is -0.182. The number of hydrogen-bond acceptors (Lipinski definition) is 5. The van der Waals surface area contributed by atoms with E-state index in [-0.39, 0.29) is 5.69 Å². The number of ether oxygens (including phenoxy) is 1. The second-order valence-electron chi connectivity index (χ2n) is 6.34. The van der Waals surface area contributed by atoms with Crippen LogP contribution in [0, 0.1) is 0 Å². The fourth-order valence-electron chi connectivity index (χ4n) is 2.81. The number of methoxy groups -OCH3 is 1. The number of rotatable bonds is 6. The van der Waals surface area contributed by atoms with E-state index in [1.54, 1.807) is 24.3 Å². The molecule has 0 unspecified atom stereocenters. The van der Waals surface area contributed by atoms with Crippen molar-refractivity contribution in [3.05, 3.63) is 72.6 Å². The number of carbonyl (C=O) groups excluding carboxylic acids is 1. The van der Waals surface area contributed by atoms with Crippen molar-refractivity contribution in [2.24, 2.45) is 0 Å². The molecule has 7 nitrogen and oxygen atoms in total. The predicted octanol–water partition coefficient (Wildman–Crippen LogP) is 3.41. The Morgan fingerprint density at radius 2 is 1.76 bits per heavy atom. The molecule has 150 valence electrons. The number of sulfonamides is 1. The third-order valence-corrected chi connectivity index (χ3v) is 5.59. The Balaban J connectivity index is 2.07. The van der Waals surface area contributed by atoms with Crippen LogP contribution in [0.25, 0.3) is 11.1 Å². The number of nitrogens with zero attached hydrogens (tertiary/aromatic N) is 2. The molecular formula is C21H21N3O4S. The summed E-state index contributed by atoms with van der Waals surface area (Å²) in [6, 6.07) is 18.1. The molecule has 0 bridgehead atoms. The summed E-state index contributed by atoms with van der Waals surface area (Å²) in [4.78, 5) is 16.9. The van der Waals surface area contributed by atoms with Gasteiger partial charge in [-0.15, -0.1) is 0 Å². The molecule has 2 aromatic carbocycles. The minimum Gasteiger partial charge on any atom is -0.494 e. The highest BCUT2D eigenvalue weighted by atomic mass is 32.2. The van der Waals surface area contributed by atoms with Gasteiger partial charge in [-0.1, -0.05) is 36.4 Å². The van der Waals surface area contributed by atoms with Crippen molar-refractivity contribution in [2.45, 2.75) is 0 Å². The zero-order chi connectivity index (χ0) is 21.0. The number of aromatic nitrogens is 1. The Labute approximate surface area is 170 Å². The quantitative estimate of drug-likeness (QED) is 0.672. The van der Waals surface area contributed by atoms with Gasteiger partial charge in [0.2, 0.25) is 10.0 Å². The van der Waals surface area contributed by atoms with E-state index in [0.29, 0.717) is 17.1 Å². The molecule has 1 amide bonds. The molecule has 0 atom stereocenters. The van der Waals surface area contributed by atoms with Crippen molar-refractivity contribution in [1.29, 1.82) is 0 Å². The molecule has 3 rings (SSSR count). The van der Waals surface area contributed by atoms with E-state index in [1.807, 2.05) is 36.4 Å². The number of nitrogens with one attached hydrogen (secondary N) is 1. The standard InChI is InChI=1S/C21H21N3O4S/c1-24(29(3,26)27)18-12-11-16(15-8-5-4-6-9-15)14-17(18)23-21(25)20-19(28-2)10-7-13-22-20/h4-14H,1-3H3,(H,23,25). The monoisotopic (exact) mass is 411 g/mol. The summed E-state index contributed by atoms with van der Waals surface area (Å²) >= 11 is 0. The van der Waals surface area contributed by atoms with Gasteiger partial charge in [0, 0.05) is 13.2 Å². The number of hydrogen-bond donors (Lipinski definition) is 1. The number of anilines is 2. The van der Waals surface area contributed by atoms with Gasteiger partial charge in [0.05, 0.1) is 24.7 Å². The SMILES string of the molecule is COc1cccnc1C(=O)Nc1cc(-c2ccccc2)ccc1N(C)S(C)(=O)=O. The Hall–Kier alpha value is -3.39. The average molecular weight is 411 g/mol. The van der Waals surface area contributed by atoms with Gasteiger partial charge in [0.25, 0.3) is 5.91 Å². The van der Waals surface area contributed by atoms with Gasteiger partial charge >= 0.3 is 0 Å². The van der Waals surface area contributed by atoms with Gasteiger partial charge in [-0.2, -0.15) is 0 Å². The topological polar surface area (TPSA) is 88.6 Å². The second-order valence-corrected chi connectivity index (χ2v) is 8.35. The fourth-order valence-corrected chi connectivity index (χ4v) is 3.32. The predicted molar refractivity (Wildman–Crippen MR) is 114 cm³/mol. The van der Waals surface area contributed by atoms with Crippen molar-refractivity contribution in [1.82, 2.24) is 4.98 Å². The molecule has 0 aliphatic carbocycles. The second kappa shape index (κ2) is 8.32. The van der Waals surface area contributed by atoms with E-state index in [9.17, 15) is 13.2 Å². The summed E-state index contributed by atoms with van der Waals surface area (Å²) in [7, 11) is -0.642. The van der Waals surface area contributed by atoms with Crippen molar-refractivity contribution in [2.75, 3.05) is 30.0 Å². The molecule has 0 saturated heterocycles. The van der Waals surface area contributed by atoms with E-state index in [1.165, 1.54) is 20.4 Å². The maximum absolute atomic E-state index is 12.8. The molecule has 0 saturated carbocycles. The smallest absolute Gasteiger partial charge is 0.278 e. The van der Waals surface area contributed by atoms with Gasteiger partial charge in [-0.05, 0) is 35.4 Å². The lowest BCUT2D eigenvalue weighted by Crippen LogP contribution is -2.26. The highest BCUT2D eigenvalue weighted by Gasteiger charge is 2.20. The number of pyridine rings is 1. The molecule has 1 heterocycles. The van der Waals surface area contributed by atoms with Crippen molar-refractivity contribution in [3.8, 4) is 16.9 Å². The lowest BCUT2D eigenvalue weighted by atomic mass is 10.0. The molecule has 0 aliphatic rings. The van der Waals surface area contributed by atoms with Gasteiger partial charge in [0.1, 0.15) is 5.75 Å². The minimum atomic E-state index is -3.53. The van der Waals surface area contributed by atoms with E-state index < -0.39 is 15.9 Å². The van der Waals surface area contributed by atoms with Crippen LogP contribution >= 0.6 is 0 Å². The first kappa shape index (κ1) is 20.3. The summed E-state index contributed by atoms with van der Waals surface area (Å²) in [6.07, 6.45) is 2.59. The first-order valence-electron chi connectivity index (χ1n) is 8.75. The van der Waals surface area contributed by atoms with Gasteiger partial charge in [0.15, 0.2) is 5.69 Å². The maximum atomic E-state index is 12.8. The van der Waals surface area contributed by atoms with Crippen LogP contribution in [-0.4, -0.2) is 39.7 Å². The lowest BCUT2D eigenvalue weighted by molar-refractivity contribution is 0.101. The number of amides is 1. The first-order valence-corrected chi connectivity index (χ1v) is 10.6. The van der Waals surface area contributed by atoms with Crippen molar-refractivity contribution >= 4 is 27.3 Å². The third-order valence-electron chi connectivity index (χ3n) is 4.39. The summed E-state index contributed by atoms with van der Waals surface area (Å²) in [5, 5.41) is 2.78. The van der Waals surface area contributed by atoms with Crippen LogP contribution in [0.15, 0.2) is 66.9 Å². The van der Waals surface area contributed by atoms with E-state index >= 15 is 0 Å². The van der Waals surface area contributed by atoms with Crippen LogP contribution in [0.4, 0.5) is 11.4 Å². The summed E-state index contributed by atoms with van der Waals surface area (Å²) in [6.45, 7) is 0. The van der Waals surface area contributed by atoms with Crippen molar-refractivity contribution in [3.63, 3.8) is 0 Å². The van der Waals surface area contributed by atoms with E-state index in [2.05, 4.69) is 10.3 Å². The van der Waals surface area contributed by atoms with Crippen LogP contribution in [0.1, 0.15) is 10.5 Å². The molecule has 0 fully saturated rings. The minimum absolute atomic E-state index is 0.105. The molecule has 0 spiro atoms. The fraction of sp³-hybridized carbons (Fsp3) is 0.143. The highest BCUT2D eigenvalue weighted by molar-refractivity contribution is 7.92. The molecule has 3 aromatic rings. The number of benzene rings is 2. The molecular weight excluding hydrogens is 390 g/mol. The van der Waals surface area contributed by atoms with Crippen LogP contribution in [-0.2, 0) is 10.0 Å². The third kappa shape index (κ3) is 4.55. The summed E-state index contributed by atoms with van der Waals surface area (Å²) < 4.78 is 30.5. The van der Waals surface area contributed by atoms with Crippen molar-refractivity contribution < 1.29 is 17.9 Å². The van der Waals surface area contributed by atoms with Gasteiger partial charge in [-0.25, -0.2) is 13.4 Å². The average Bonchev–Trinajstić information content (AvgIpc) is 2.73. The highest BCUT2D eigenvalue weighted by Crippen LogP contribution is 2.33.